The molecule has 0 fully saturated rings. The van der Waals surface area contributed by atoms with Gasteiger partial charge in [-0.05, 0) is 11.4 Å². The molecule has 0 atom stereocenters. The molecule has 1 N–H and O–H groups in total. The lowest BCUT2D eigenvalue weighted by Crippen LogP contribution is -2.32. The van der Waals surface area contributed by atoms with Gasteiger partial charge in [0.1, 0.15) is 0 Å². The fraction of sp³-hybridized carbons (Fsp3) is 0.167. The standard InChI is InChI=1S/C6H7BO3S/c1-10-7(9)6-5(4-8)2-3-11-6/h2-4,9H,1H3. The van der Waals surface area contributed by atoms with Gasteiger partial charge in [0.15, 0.2) is 6.29 Å². The predicted molar refractivity (Wildman–Crippen MR) is 44.3 cm³/mol. The van der Waals surface area contributed by atoms with Gasteiger partial charge in [-0.15, -0.1) is 0 Å². The van der Waals surface area contributed by atoms with Crippen molar-refractivity contribution in [3.8, 4) is 0 Å². The van der Waals surface area contributed by atoms with Crippen molar-refractivity contribution in [3.05, 3.63) is 17.0 Å². The SMILES string of the molecule is COB(O)c1sccc1C=O. The van der Waals surface area contributed by atoms with Gasteiger partial charge in [-0.3, -0.25) is 4.79 Å². The zero-order valence-corrected chi connectivity index (χ0v) is 6.80. The third-order valence-corrected chi connectivity index (χ3v) is 2.27. The van der Waals surface area contributed by atoms with E-state index in [9.17, 15) is 4.79 Å². The van der Waals surface area contributed by atoms with Crippen LogP contribution in [0, 0.1) is 0 Å². The Morgan fingerprint density at radius 2 is 2.55 bits per heavy atom. The number of rotatable bonds is 3. The second-order valence-corrected chi connectivity index (χ2v) is 2.89. The van der Waals surface area contributed by atoms with E-state index in [0.717, 1.165) is 0 Å². The monoisotopic (exact) mass is 170 g/mol. The second kappa shape index (κ2) is 3.66. The van der Waals surface area contributed by atoms with Crippen LogP contribution >= 0.6 is 11.3 Å². The minimum absolute atomic E-state index is 0.490. The molecule has 0 spiro atoms. The Kier molecular flexibility index (Phi) is 2.81. The fourth-order valence-electron chi connectivity index (χ4n) is 0.736. The van der Waals surface area contributed by atoms with E-state index >= 15 is 0 Å². The summed E-state index contributed by atoms with van der Waals surface area (Å²) in [4.78, 5) is 10.3. The summed E-state index contributed by atoms with van der Waals surface area (Å²) in [5, 5.41) is 10.9. The second-order valence-electron chi connectivity index (χ2n) is 1.95. The van der Waals surface area contributed by atoms with E-state index in [1.54, 1.807) is 11.4 Å². The van der Waals surface area contributed by atoms with Crippen LogP contribution in [0.4, 0.5) is 0 Å². The van der Waals surface area contributed by atoms with Gasteiger partial charge in [-0.25, -0.2) is 0 Å². The van der Waals surface area contributed by atoms with Crippen LogP contribution in [0.25, 0.3) is 0 Å². The van der Waals surface area contributed by atoms with Crippen molar-refractivity contribution >= 4 is 29.5 Å². The van der Waals surface area contributed by atoms with Crippen LogP contribution in [-0.4, -0.2) is 25.5 Å². The van der Waals surface area contributed by atoms with Crippen molar-refractivity contribution in [1.29, 1.82) is 0 Å². The normalized spacial score (nSPS) is 9.64. The van der Waals surface area contributed by atoms with Crippen molar-refractivity contribution in [2.45, 2.75) is 0 Å². The summed E-state index contributed by atoms with van der Waals surface area (Å²) < 4.78 is 5.20. The quantitative estimate of drug-likeness (QED) is 0.508. The van der Waals surface area contributed by atoms with Crippen LogP contribution < -0.4 is 4.78 Å². The third-order valence-electron chi connectivity index (χ3n) is 1.30. The van der Waals surface area contributed by atoms with Crippen LogP contribution in [-0.2, 0) is 4.65 Å². The number of hydrogen-bond acceptors (Lipinski definition) is 4. The number of carbonyl (C=O) groups is 1. The molecule has 0 aliphatic heterocycles. The molecular formula is C6H7BO3S. The van der Waals surface area contributed by atoms with Gasteiger partial charge in [0.2, 0.25) is 0 Å². The molecule has 1 heterocycles. The lowest BCUT2D eigenvalue weighted by molar-refractivity contribution is 0.112. The van der Waals surface area contributed by atoms with E-state index in [1.807, 2.05) is 0 Å². The molecule has 0 aromatic carbocycles. The lowest BCUT2D eigenvalue weighted by atomic mass is 9.86. The van der Waals surface area contributed by atoms with Gasteiger partial charge in [-0.1, -0.05) is 0 Å². The maximum Gasteiger partial charge on any atom is 0.502 e. The first-order valence-corrected chi connectivity index (χ1v) is 3.91. The van der Waals surface area contributed by atoms with Gasteiger partial charge >= 0.3 is 7.12 Å². The summed E-state index contributed by atoms with van der Waals surface area (Å²) >= 11 is 1.30. The molecule has 0 radical (unpaired) electrons. The van der Waals surface area contributed by atoms with Crippen LogP contribution in [0.2, 0.25) is 0 Å². The van der Waals surface area contributed by atoms with E-state index in [-0.39, 0.29) is 0 Å². The maximum absolute atomic E-state index is 10.3. The molecule has 0 saturated heterocycles. The Bertz CT molecular complexity index is 248. The van der Waals surface area contributed by atoms with Gasteiger partial charge in [0, 0.05) is 17.4 Å². The summed E-state index contributed by atoms with van der Waals surface area (Å²) in [5.74, 6) is 0. The highest BCUT2D eigenvalue weighted by atomic mass is 32.1. The molecule has 11 heavy (non-hydrogen) atoms. The zero-order valence-electron chi connectivity index (χ0n) is 5.98. The van der Waals surface area contributed by atoms with E-state index in [1.165, 1.54) is 18.4 Å². The van der Waals surface area contributed by atoms with Crippen LogP contribution in [0.3, 0.4) is 0 Å². The highest BCUT2D eigenvalue weighted by Gasteiger charge is 2.19. The molecule has 0 amide bonds. The predicted octanol–water partition coefficient (Wildman–Crippen LogP) is -0.105. The van der Waals surface area contributed by atoms with Crippen molar-refractivity contribution in [3.63, 3.8) is 0 Å². The van der Waals surface area contributed by atoms with Gasteiger partial charge < -0.3 is 9.68 Å². The summed E-state index contributed by atoms with van der Waals surface area (Å²) in [6, 6.07) is 1.65. The average Bonchev–Trinajstić information content (AvgIpc) is 2.50. The third kappa shape index (κ3) is 1.68. The lowest BCUT2D eigenvalue weighted by Gasteiger charge is -1.99. The maximum atomic E-state index is 10.3. The summed E-state index contributed by atoms with van der Waals surface area (Å²) in [5.41, 5.74) is 0.490. The molecule has 0 saturated carbocycles. The van der Waals surface area contributed by atoms with E-state index in [0.29, 0.717) is 16.6 Å². The minimum atomic E-state index is -0.977. The Labute approximate surface area is 68.8 Å². The van der Waals surface area contributed by atoms with Gasteiger partial charge in [0.05, 0.1) is 0 Å². The molecule has 5 heteroatoms. The van der Waals surface area contributed by atoms with Crippen molar-refractivity contribution in [2.75, 3.05) is 7.11 Å². The molecule has 58 valence electrons. The highest BCUT2D eigenvalue weighted by Crippen LogP contribution is 2.01. The summed E-state index contributed by atoms with van der Waals surface area (Å²) in [7, 11) is 0.411. The topological polar surface area (TPSA) is 46.5 Å². The van der Waals surface area contributed by atoms with Crippen LogP contribution in [0.1, 0.15) is 10.4 Å². The van der Waals surface area contributed by atoms with E-state index < -0.39 is 7.12 Å². The molecule has 1 rings (SSSR count). The molecular weight excluding hydrogens is 163 g/mol. The van der Waals surface area contributed by atoms with Crippen LogP contribution in [0.5, 0.6) is 0 Å². The molecule has 3 nitrogen and oxygen atoms in total. The minimum Gasteiger partial charge on any atom is -0.423 e. The molecule has 0 unspecified atom stereocenters. The first-order chi connectivity index (χ1) is 5.29. The molecule has 0 aliphatic carbocycles. The zero-order chi connectivity index (χ0) is 8.27. The molecule has 0 aliphatic rings. The Balaban J connectivity index is 2.92. The summed E-state index contributed by atoms with van der Waals surface area (Å²) in [6.45, 7) is 0. The number of hydrogen-bond donors (Lipinski definition) is 1. The van der Waals surface area contributed by atoms with E-state index in [2.05, 4.69) is 4.65 Å². The highest BCUT2D eigenvalue weighted by molar-refractivity contribution is 7.21. The fourth-order valence-corrected chi connectivity index (χ4v) is 1.56. The van der Waals surface area contributed by atoms with Crippen molar-refractivity contribution in [2.24, 2.45) is 0 Å². The Hall–Kier alpha value is -0.645. The van der Waals surface area contributed by atoms with E-state index in [4.69, 9.17) is 5.02 Å². The largest absolute Gasteiger partial charge is 0.502 e. The van der Waals surface area contributed by atoms with Gasteiger partial charge in [0.25, 0.3) is 0 Å². The smallest absolute Gasteiger partial charge is 0.423 e. The number of carbonyl (C=O) groups excluding carboxylic acids is 1. The molecule has 1 aromatic heterocycles. The number of thiophene rings is 1. The Morgan fingerprint density at radius 1 is 1.82 bits per heavy atom. The average molecular weight is 170 g/mol. The number of aldehydes is 1. The first-order valence-electron chi connectivity index (χ1n) is 3.03. The van der Waals surface area contributed by atoms with Crippen molar-refractivity contribution in [1.82, 2.24) is 0 Å². The Morgan fingerprint density at radius 3 is 3.09 bits per heavy atom. The van der Waals surface area contributed by atoms with Gasteiger partial charge in [-0.2, -0.15) is 11.3 Å². The van der Waals surface area contributed by atoms with Crippen molar-refractivity contribution < 1.29 is 14.5 Å². The molecule has 1 aromatic rings. The van der Waals surface area contributed by atoms with Crippen LogP contribution in [0.15, 0.2) is 11.4 Å². The first kappa shape index (κ1) is 8.45. The molecule has 0 bridgehead atoms. The summed E-state index contributed by atoms with van der Waals surface area (Å²) in [6.07, 6.45) is 0.702.